The van der Waals surface area contributed by atoms with Crippen LogP contribution < -0.4 is 0 Å². The molecule has 0 aromatic carbocycles. The van der Waals surface area contributed by atoms with Crippen LogP contribution in [0.15, 0.2) is 18.3 Å². The number of aromatic nitrogens is 1. The summed E-state index contributed by atoms with van der Waals surface area (Å²) in [5.41, 5.74) is 0.161. The number of rotatable bonds is 1. The van der Waals surface area contributed by atoms with Crippen LogP contribution in [-0.4, -0.2) is 45.5 Å². The zero-order valence-electron chi connectivity index (χ0n) is 8.93. The van der Waals surface area contributed by atoms with Gasteiger partial charge in [-0.05, 0) is 24.3 Å². The fourth-order valence-electron chi connectivity index (χ4n) is 1.66. The first-order chi connectivity index (χ1) is 7.79. The SMILES string of the molecule is O=C(c1ncccc1O)N1CCCSCC1. The molecule has 86 valence electrons. The second-order valence-electron chi connectivity index (χ2n) is 3.63. The minimum Gasteiger partial charge on any atom is -0.505 e. The molecule has 1 aliphatic rings. The number of amides is 1. The Morgan fingerprint density at radius 2 is 2.31 bits per heavy atom. The molecule has 16 heavy (non-hydrogen) atoms. The molecule has 1 aliphatic heterocycles. The normalized spacial score (nSPS) is 16.9. The standard InChI is InChI=1S/C11H14N2O2S/c14-9-3-1-4-12-10(9)11(15)13-5-2-7-16-8-6-13/h1,3-4,14H,2,5-8H2. The van der Waals surface area contributed by atoms with E-state index < -0.39 is 0 Å². The summed E-state index contributed by atoms with van der Waals surface area (Å²) in [6.07, 6.45) is 2.53. The number of hydrogen-bond donors (Lipinski definition) is 1. The van der Waals surface area contributed by atoms with Crippen molar-refractivity contribution in [2.24, 2.45) is 0 Å². The molecule has 0 spiro atoms. The number of nitrogens with zero attached hydrogens (tertiary/aromatic N) is 2. The highest BCUT2D eigenvalue weighted by Crippen LogP contribution is 2.17. The molecule has 0 atom stereocenters. The van der Waals surface area contributed by atoms with Gasteiger partial charge in [-0.1, -0.05) is 0 Å². The summed E-state index contributed by atoms with van der Waals surface area (Å²) in [6, 6.07) is 3.11. The number of carbonyl (C=O) groups excluding carboxylic acids is 1. The number of carbonyl (C=O) groups is 1. The second kappa shape index (κ2) is 5.21. The third-order valence-corrected chi connectivity index (χ3v) is 3.55. The first-order valence-corrected chi connectivity index (χ1v) is 6.45. The van der Waals surface area contributed by atoms with Gasteiger partial charge < -0.3 is 10.0 Å². The van der Waals surface area contributed by atoms with Crippen molar-refractivity contribution >= 4 is 17.7 Å². The molecular formula is C11H14N2O2S. The number of pyridine rings is 1. The van der Waals surface area contributed by atoms with E-state index in [2.05, 4.69) is 4.98 Å². The van der Waals surface area contributed by atoms with Gasteiger partial charge in [0.2, 0.25) is 0 Å². The van der Waals surface area contributed by atoms with Crippen LogP contribution >= 0.6 is 11.8 Å². The van der Waals surface area contributed by atoms with Crippen molar-refractivity contribution in [1.29, 1.82) is 0 Å². The van der Waals surface area contributed by atoms with Gasteiger partial charge in [-0.25, -0.2) is 4.98 Å². The second-order valence-corrected chi connectivity index (χ2v) is 4.85. The topological polar surface area (TPSA) is 53.4 Å². The Kier molecular flexibility index (Phi) is 3.66. The molecule has 0 unspecified atom stereocenters. The van der Waals surface area contributed by atoms with Gasteiger partial charge in [0.05, 0.1) is 0 Å². The molecule has 4 nitrogen and oxygen atoms in total. The van der Waals surface area contributed by atoms with E-state index in [1.807, 2.05) is 11.8 Å². The van der Waals surface area contributed by atoms with Crippen LogP contribution in [0.5, 0.6) is 5.75 Å². The van der Waals surface area contributed by atoms with Crippen LogP contribution in [0.25, 0.3) is 0 Å². The monoisotopic (exact) mass is 238 g/mol. The van der Waals surface area contributed by atoms with Gasteiger partial charge in [-0.15, -0.1) is 0 Å². The first kappa shape index (κ1) is 11.3. The maximum atomic E-state index is 12.1. The third kappa shape index (κ3) is 2.47. The van der Waals surface area contributed by atoms with Crippen LogP contribution in [0.1, 0.15) is 16.9 Å². The highest BCUT2D eigenvalue weighted by Gasteiger charge is 2.20. The molecule has 1 aromatic heterocycles. The van der Waals surface area contributed by atoms with E-state index in [-0.39, 0.29) is 17.4 Å². The molecule has 0 bridgehead atoms. The van der Waals surface area contributed by atoms with Crippen LogP contribution in [0.3, 0.4) is 0 Å². The van der Waals surface area contributed by atoms with Crippen molar-refractivity contribution in [3.05, 3.63) is 24.0 Å². The lowest BCUT2D eigenvalue weighted by Crippen LogP contribution is -2.33. The Bertz CT molecular complexity index is 376. The van der Waals surface area contributed by atoms with Crippen molar-refractivity contribution in [3.8, 4) is 5.75 Å². The Morgan fingerprint density at radius 1 is 1.44 bits per heavy atom. The minimum absolute atomic E-state index is 0.0376. The first-order valence-electron chi connectivity index (χ1n) is 5.30. The Balaban J connectivity index is 2.14. The molecule has 1 aromatic rings. The Morgan fingerprint density at radius 3 is 3.12 bits per heavy atom. The smallest absolute Gasteiger partial charge is 0.276 e. The van der Waals surface area contributed by atoms with Crippen molar-refractivity contribution in [2.75, 3.05) is 24.6 Å². The summed E-state index contributed by atoms with van der Waals surface area (Å²) in [5, 5.41) is 9.57. The van der Waals surface area contributed by atoms with Gasteiger partial charge in [-0.2, -0.15) is 11.8 Å². The van der Waals surface area contributed by atoms with Gasteiger partial charge in [-0.3, -0.25) is 4.79 Å². The molecular weight excluding hydrogens is 224 g/mol. The highest BCUT2D eigenvalue weighted by molar-refractivity contribution is 7.99. The van der Waals surface area contributed by atoms with Gasteiger partial charge in [0.25, 0.3) is 5.91 Å². The van der Waals surface area contributed by atoms with E-state index in [0.29, 0.717) is 0 Å². The number of thioether (sulfide) groups is 1. The van der Waals surface area contributed by atoms with E-state index in [0.717, 1.165) is 31.0 Å². The van der Waals surface area contributed by atoms with Crippen LogP contribution in [0.2, 0.25) is 0 Å². The zero-order valence-corrected chi connectivity index (χ0v) is 9.74. The molecule has 1 saturated heterocycles. The highest BCUT2D eigenvalue weighted by atomic mass is 32.2. The van der Waals surface area contributed by atoms with Crippen molar-refractivity contribution in [3.63, 3.8) is 0 Å². The van der Waals surface area contributed by atoms with Gasteiger partial charge in [0.1, 0.15) is 5.75 Å². The average molecular weight is 238 g/mol. The largest absolute Gasteiger partial charge is 0.505 e. The minimum atomic E-state index is -0.166. The molecule has 0 saturated carbocycles. The van der Waals surface area contributed by atoms with E-state index in [9.17, 15) is 9.90 Å². The van der Waals surface area contributed by atoms with Gasteiger partial charge in [0.15, 0.2) is 5.69 Å². The number of hydrogen-bond acceptors (Lipinski definition) is 4. The zero-order chi connectivity index (χ0) is 11.4. The molecule has 2 rings (SSSR count). The molecule has 0 aliphatic carbocycles. The van der Waals surface area contributed by atoms with Crippen molar-refractivity contribution in [2.45, 2.75) is 6.42 Å². The molecule has 0 radical (unpaired) electrons. The Hall–Kier alpha value is -1.23. The Labute approximate surface area is 98.7 Å². The quantitative estimate of drug-likeness (QED) is 0.802. The predicted octanol–water partition coefficient (Wildman–Crippen LogP) is 1.37. The third-order valence-electron chi connectivity index (χ3n) is 2.50. The fraction of sp³-hybridized carbons (Fsp3) is 0.455. The van der Waals surface area contributed by atoms with Crippen LogP contribution in [-0.2, 0) is 0 Å². The predicted molar refractivity (Wildman–Crippen MR) is 63.7 cm³/mol. The molecule has 1 amide bonds. The lowest BCUT2D eigenvalue weighted by Gasteiger charge is -2.19. The van der Waals surface area contributed by atoms with Crippen molar-refractivity contribution < 1.29 is 9.90 Å². The summed E-state index contributed by atoms with van der Waals surface area (Å²) < 4.78 is 0. The lowest BCUT2D eigenvalue weighted by molar-refractivity contribution is 0.0759. The van der Waals surface area contributed by atoms with Gasteiger partial charge >= 0.3 is 0 Å². The summed E-state index contributed by atoms with van der Waals surface area (Å²) >= 11 is 1.86. The number of aromatic hydroxyl groups is 1. The maximum absolute atomic E-state index is 12.1. The van der Waals surface area contributed by atoms with E-state index >= 15 is 0 Å². The van der Waals surface area contributed by atoms with Crippen LogP contribution in [0, 0.1) is 0 Å². The molecule has 1 fully saturated rings. The van der Waals surface area contributed by atoms with E-state index in [1.54, 1.807) is 11.0 Å². The summed E-state index contributed by atoms with van der Waals surface area (Å²) in [7, 11) is 0. The summed E-state index contributed by atoms with van der Waals surface area (Å²) in [6.45, 7) is 1.49. The summed E-state index contributed by atoms with van der Waals surface area (Å²) in [4.78, 5) is 17.8. The average Bonchev–Trinajstić information content (AvgIpc) is 2.57. The van der Waals surface area contributed by atoms with E-state index in [4.69, 9.17) is 0 Å². The molecule has 1 N–H and O–H groups in total. The van der Waals surface area contributed by atoms with Crippen LogP contribution in [0.4, 0.5) is 0 Å². The maximum Gasteiger partial charge on any atom is 0.276 e. The van der Waals surface area contributed by atoms with E-state index in [1.165, 1.54) is 12.3 Å². The fourth-order valence-corrected chi connectivity index (χ4v) is 2.55. The van der Waals surface area contributed by atoms with Crippen molar-refractivity contribution in [1.82, 2.24) is 9.88 Å². The summed E-state index contributed by atoms with van der Waals surface area (Å²) in [5.74, 6) is 1.85. The van der Waals surface area contributed by atoms with Gasteiger partial charge in [0, 0.05) is 25.0 Å². The molecule has 2 heterocycles. The lowest BCUT2D eigenvalue weighted by atomic mass is 10.2. The molecule has 5 heteroatoms.